The third-order valence-corrected chi connectivity index (χ3v) is 6.50. The van der Waals surface area contributed by atoms with Crippen LogP contribution < -0.4 is 19.1 Å². The van der Waals surface area contributed by atoms with Crippen molar-refractivity contribution in [2.24, 2.45) is 0 Å². The van der Waals surface area contributed by atoms with Crippen molar-refractivity contribution < 1.29 is 28.9 Å². The fraction of sp³-hybridized carbons (Fsp3) is 0.167. The monoisotopic (exact) mass is 485 g/mol. The fourth-order valence-electron chi connectivity index (χ4n) is 3.79. The molecule has 1 aliphatic heterocycles. The minimum Gasteiger partial charge on any atom is -0.503 e. The van der Waals surface area contributed by atoms with Crippen LogP contribution >= 0.6 is 22.9 Å². The lowest BCUT2D eigenvalue weighted by Crippen LogP contribution is -2.31. The summed E-state index contributed by atoms with van der Waals surface area (Å²) in [7, 11) is 4.49. The Morgan fingerprint density at radius 3 is 2.30 bits per heavy atom. The van der Waals surface area contributed by atoms with Gasteiger partial charge in [-0.2, -0.15) is 0 Å². The second kappa shape index (κ2) is 9.17. The number of carbonyl (C=O) groups is 2. The van der Waals surface area contributed by atoms with Gasteiger partial charge in [-0.3, -0.25) is 14.5 Å². The van der Waals surface area contributed by atoms with Crippen LogP contribution in [-0.4, -0.2) is 38.1 Å². The van der Waals surface area contributed by atoms with Crippen molar-refractivity contribution in [1.29, 1.82) is 0 Å². The second-order valence-corrected chi connectivity index (χ2v) is 8.43. The van der Waals surface area contributed by atoms with Crippen LogP contribution in [0.5, 0.6) is 17.2 Å². The Morgan fingerprint density at radius 1 is 1.00 bits per heavy atom. The molecule has 2 heterocycles. The molecule has 1 N–H and O–H groups in total. The molecule has 7 nitrogen and oxygen atoms in total. The van der Waals surface area contributed by atoms with Crippen LogP contribution in [0, 0.1) is 0 Å². The van der Waals surface area contributed by atoms with Crippen LogP contribution in [0.15, 0.2) is 65.2 Å². The fourth-order valence-corrected chi connectivity index (χ4v) is 4.72. The molecule has 170 valence electrons. The number of thiophene rings is 1. The first-order valence-electron chi connectivity index (χ1n) is 9.81. The number of ether oxygens (including phenoxy) is 3. The number of Topliss-reactive ketones (excluding diaryl/α,β-unsaturated/α-hetero) is 1. The summed E-state index contributed by atoms with van der Waals surface area (Å²) in [6.07, 6.45) is 0. The van der Waals surface area contributed by atoms with Crippen LogP contribution in [-0.2, 0) is 4.79 Å². The lowest BCUT2D eigenvalue weighted by molar-refractivity contribution is -0.117. The molecule has 4 rings (SSSR count). The summed E-state index contributed by atoms with van der Waals surface area (Å²) < 4.78 is 15.9. The number of methoxy groups -OCH3 is 3. The molecule has 0 saturated heterocycles. The molecule has 1 amide bonds. The van der Waals surface area contributed by atoms with Crippen molar-refractivity contribution in [2.45, 2.75) is 6.04 Å². The van der Waals surface area contributed by atoms with Gasteiger partial charge in [0.25, 0.3) is 5.91 Å². The van der Waals surface area contributed by atoms with Crippen LogP contribution in [0.3, 0.4) is 0 Å². The van der Waals surface area contributed by atoms with Crippen molar-refractivity contribution >= 4 is 40.3 Å². The quantitative estimate of drug-likeness (QED) is 0.462. The van der Waals surface area contributed by atoms with Gasteiger partial charge in [0.2, 0.25) is 5.78 Å². The maximum atomic E-state index is 13.4. The van der Waals surface area contributed by atoms with E-state index in [1.165, 1.54) is 37.6 Å². The third kappa shape index (κ3) is 3.92. The van der Waals surface area contributed by atoms with E-state index in [-0.39, 0.29) is 10.6 Å². The molecular weight excluding hydrogens is 466 g/mol. The van der Waals surface area contributed by atoms with E-state index < -0.39 is 23.5 Å². The summed E-state index contributed by atoms with van der Waals surface area (Å²) in [5.41, 5.74) is 0.921. The number of anilines is 1. The average molecular weight is 486 g/mol. The Kier molecular flexibility index (Phi) is 6.31. The molecule has 0 spiro atoms. The predicted molar refractivity (Wildman–Crippen MR) is 126 cm³/mol. The Bertz CT molecular complexity index is 1250. The molecule has 3 aromatic rings. The minimum absolute atomic E-state index is 0.0263. The molecule has 0 aliphatic carbocycles. The zero-order valence-electron chi connectivity index (χ0n) is 18.0. The number of hydrogen-bond donors (Lipinski definition) is 1. The molecule has 1 atom stereocenters. The summed E-state index contributed by atoms with van der Waals surface area (Å²) in [6.45, 7) is 0. The van der Waals surface area contributed by atoms with E-state index in [0.29, 0.717) is 33.4 Å². The summed E-state index contributed by atoms with van der Waals surface area (Å²) in [6, 6.07) is 12.4. The van der Waals surface area contributed by atoms with Crippen molar-refractivity contribution in [1.82, 2.24) is 0 Å². The molecule has 33 heavy (non-hydrogen) atoms. The van der Waals surface area contributed by atoms with Crippen LogP contribution in [0.25, 0.3) is 0 Å². The molecule has 1 aliphatic rings. The number of benzene rings is 2. The molecule has 0 unspecified atom stereocenters. The molecule has 1 aromatic heterocycles. The molecule has 0 bridgehead atoms. The van der Waals surface area contributed by atoms with E-state index in [0.717, 1.165) is 0 Å². The molecule has 0 radical (unpaired) electrons. The number of nitrogens with zero attached hydrogens (tertiary/aromatic N) is 1. The lowest BCUT2D eigenvalue weighted by Gasteiger charge is -2.27. The van der Waals surface area contributed by atoms with Gasteiger partial charge in [-0.25, -0.2) is 0 Å². The summed E-state index contributed by atoms with van der Waals surface area (Å²) in [5, 5.41) is 12.9. The van der Waals surface area contributed by atoms with Gasteiger partial charge in [0, 0.05) is 5.69 Å². The van der Waals surface area contributed by atoms with Crippen molar-refractivity contribution in [3.05, 3.63) is 80.7 Å². The minimum atomic E-state index is -0.920. The lowest BCUT2D eigenvalue weighted by atomic mass is 9.94. The highest BCUT2D eigenvalue weighted by Gasteiger charge is 2.45. The van der Waals surface area contributed by atoms with Crippen molar-refractivity contribution in [3.63, 3.8) is 0 Å². The second-order valence-electron chi connectivity index (χ2n) is 7.08. The van der Waals surface area contributed by atoms with Gasteiger partial charge in [-0.15, -0.1) is 11.3 Å². The SMILES string of the molecule is COc1ccc(N2C(=O)C(O)=C(C(=O)c3cccs3)[C@@H]2c2ccc(OC)c(OC)c2)cc1Cl. The van der Waals surface area contributed by atoms with E-state index in [2.05, 4.69) is 0 Å². The van der Waals surface area contributed by atoms with Crippen molar-refractivity contribution in [3.8, 4) is 17.2 Å². The first kappa shape index (κ1) is 22.7. The summed E-state index contributed by atoms with van der Waals surface area (Å²) in [4.78, 5) is 28.4. The van der Waals surface area contributed by atoms with E-state index in [4.69, 9.17) is 25.8 Å². The number of amides is 1. The van der Waals surface area contributed by atoms with Gasteiger partial charge in [0.05, 0.1) is 42.8 Å². The first-order valence-corrected chi connectivity index (χ1v) is 11.1. The summed E-state index contributed by atoms with van der Waals surface area (Å²) in [5.74, 6) is -0.413. The maximum absolute atomic E-state index is 13.4. The number of carbonyl (C=O) groups excluding carboxylic acids is 2. The maximum Gasteiger partial charge on any atom is 0.294 e. The van der Waals surface area contributed by atoms with E-state index in [1.54, 1.807) is 53.9 Å². The van der Waals surface area contributed by atoms with Gasteiger partial charge < -0.3 is 19.3 Å². The number of aliphatic hydroxyl groups excluding tert-OH is 1. The third-order valence-electron chi connectivity index (χ3n) is 5.33. The highest BCUT2D eigenvalue weighted by Crippen LogP contribution is 2.45. The van der Waals surface area contributed by atoms with E-state index in [1.807, 2.05) is 0 Å². The standard InChI is InChI=1S/C24H20ClNO6S/c1-30-16-9-7-14(12-15(16)25)26-21(13-6-8-17(31-2)18(11-13)32-3)20(23(28)24(26)29)22(27)19-5-4-10-33-19/h4-12,21,28H,1-3H3/t21-/m0/s1. The zero-order chi connectivity index (χ0) is 23.7. The first-order chi connectivity index (χ1) is 15.9. The number of aliphatic hydroxyl groups is 1. The highest BCUT2D eigenvalue weighted by molar-refractivity contribution is 7.12. The van der Waals surface area contributed by atoms with Crippen LogP contribution in [0.4, 0.5) is 5.69 Å². The van der Waals surface area contributed by atoms with Crippen LogP contribution in [0.1, 0.15) is 21.3 Å². The number of hydrogen-bond acceptors (Lipinski definition) is 7. The summed E-state index contributed by atoms with van der Waals surface area (Å²) >= 11 is 7.54. The molecule has 9 heteroatoms. The Morgan fingerprint density at radius 2 is 1.70 bits per heavy atom. The van der Waals surface area contributed by atoms with Gasteiger partial charge >= 0.3 is 0 Å². The highest BCUT2D eigenvalue weighted by atomic mass is 35.5. The molecular formula is C24H20ClNO6S. The van der Waals surface area contributed by atoms with Gasteiger partial charge in [-0.1, -0.05) is 23.7 Å². The molecule has 2 aromatic carbocycles. The van der Waals surface area contributed by atoms with E-state index >= 15 is 0 Å². The number of halogens is 1. The van der Waals surface area contributed by atoms with E-state index in [9.17, 15) is 14.7 Å². The Balaban J connectivity index is 1.91. The molecule has 0 saturated carbocycles. The number of rotatable bonds is 7. The van der Waals surface area contributed by atoms with Gasteiger partial charge in [-0.05, 0) is 47.3 Å². The van der Waals surface area contributed by atoms with Gasteiger partial charge in [0.15, 0.2) is 17.3 Å². The largest absolute Gasteiger partial charge is 0.503 e. The topological polar surface area (TPSA) is 85.3 Å². The molecule has 0 fully saturated rings. The average Bonchev–Trinajstić information content (AvgIpc) is 3.45. The predicted octanol–water partition coefficient (Wildman–Crippen LogP) is 5.21. The zero-order valence-corrected chi connectivity index (χ0v) is 19.6. The Hall–Kier alpha value is -3.49. The number of ketones is 1. The van der Waals surface area contributed by atoms with Crippen molar-refractivity contribution in [2.75, 3.05) is 26.2 Å². The normalized spacial score (nSPS) is 15.7. The Labute approximate surface area is 199 Å². The smallest absolute Gasteiger partial charge is 0.294 e. The van der Waals surface area contributed by atoms with Gasteiger partial charge in [0.1, 0.15) is 5.75 Å². The van der Waals surface area contributed by atoms with Crippen LogP contribution in [0.2, 0.25) is 5.02 Å².